The van der Waals surface area contributed by atoms with Crippen LogP contribution in [0.4, 0.5) is 0 Å². The molecule has 1 aromatic carbocycles. The fourth-order valence-corrected chi connectivity index (χ4v) is 1.92. The van der Waals surface area contributed by atoms with Crippen LogP contribution in [0, 0.1) is 0 Å². The van der Waals surface area contributed by atoms with E-state index in [0.717, 1.165) is 0 Å². The Bertz CT molecular complexity index is 413. The Morgan fingerprint density at radius 3 is 2.54 bits per heavy atom. The molecule has 0 aliphatic carbocycles. The van der Waals surface area contributed by atoms with E-state index in [1.807, 2.05) is 0 Å². The third kappa shape index (κ3) is 2.12. The largest absolute Gasteiger partial charge is 0.495 e. The number of benzene rings is 1. The molecule has 1 aromatic rings. The quantitative estimate of drug-likeness (QED) is 0.772. The van der Waals surface area contributed by atoms with Crippen LogP contribution in [-0.2, 0) is 10.1 Å². The molecule has 0 amide bonds. The van der Waals surface area contributed by atoms with Crippen LogP contribution in [0.3, 0.4) is 0 Å². The van der Waals surface area contributed by atoms with Gasteiger partial charge in [-0.3, -0.25) is 4.55 Å². The number of methoxy groups -OCH3 is 1. The minimum absolute atomic E-state index is 0.118. The predicted molar refractivity (Wildman–Crippen MR) is 47.8 cm³/mol. The van der Waals surface area contributed by atoms with Gasteiger partial charge in [0.25, 0.3) is 10.1 Å². The summed E-state index contributed by atoms with van der Waals surface area (Å²) in [4.78, 5) is -0.353. The summed E-state index contributed by atoms with van der Waals surface area (Å²) in [6.45, 7) is 0. The van der Waals surface area contributed by atoms with Crippen molar-refractivity contribution in [1.82, 2.24) is 0 Å². The Morgan fingerprint density at radius 1 is 1.46 bits per heavy atom. The topological polar surface area (TPSA) is 63.6 Å². The molecular formula is C7H7ClO4S. The van der Waals surface area contributed by atoms with E-state index in [9.17, 15) is 8.42 Å². The highest BCUT2D eigenvalue weighted by atomic mass is 35.5. The van der Waals surface area contributed by atoms with Gasteiger partial charge in [-0.15, -0.1) is 0 Å². The van der Waals surface area contributed by atoms with Crippen molar-refractivity contribution in [3.63, 3.8) is 0 Å². The zero-order valence-corrected chi connectivity index (χ0v) is 8.26. The number of hydrogen-bond donors (Lipinski definition) is 1. The molecule has 0 unspecified atom stereocenters. The molecule has 0 aromatic heterocycles. The van der Waals surface area contributed by atoms with E-state index in [1.54, 1.807) is 0 Å². The Morgan fingerprint density at radius 2 is 2.08 bits per heavy atom. The van der Waals surface area contributed by atoms with E-state index in [1.165, 1.54) is 25.3 Å². The molecule has 0 fully saturated rings. The highest BCUT2D eigenvalue weighted by molar-refractivity contribution is 7.86. The van der Waals surface area contributed by atoms with Crippen molar-refractivity contribution in [3.05, 3.63) is 23.2 Å². The van der Waals surface area contributed by atoms with Gasteiger partial charge in [0.05, 0.1) is 7.11 Å². The lowest BCUT2D eigenvalue weighted by atomic mass is 10.3. The molecule has 0 saturated heterocycles. The maximum atomic E-state index is 10.7. The fraction of sp³-hybridized carbons (Fsp3) is 0.143. The van der Waals surface area contributed by atoms with Crippen LogP contribution >= 0.6 is 11.6 Å². The van der Waals surface area contributed by atoms with Gasteiger partial charge >= 0.3 is 0 Å². The van der Waals surface area contributed by atoms with Crippen molar-refractivity contribution >= 4 is 21.7 Å². The molecule has 72 valence electrons. The van der Waals surface area contributed by atoms with Crippen molar-refractivity contribution in [2.45, 2.75) is 4.90 Å². The monoisotopic (exact) mass is 222 g/mol. The van der Waals surface area contributed by atoms with E-state index in [0.29, 0.717) is 0 Å². The van der Waals surface area contributed by atoms with Gasteiger partial charge in [0.15, 0.2) is 0 Å². The Balaban J connectivity index is 3.41. The van der Waals surface area contributed by atoms with Gasteiger partial charge in [-0.25, -0.2) is 0 Å². The van der Waals surface area contributed by atoms with Gasteiger partial charge in [-0.1, -0.05) is 17.7 Å². The molecular weight excluding hydrogens is 216 g/mol. The fourth-order valence-electron chi connectivity index (χ4n) is 0.848. The summed E-state index contributed by atoms with van der Waals surface area (Å²) in [5.74, 6) is 0.205. The molecule has 0 radical (unpaired) electrons. The standard InChI is InChI=1S/C7H7ClO4S/c1-12-5-3-2-4-6(7(5)8)13(9,10)11/h2-4H,1H3,(H,9,10,11). The summed E-state index contributed by atoms with van der Waals surface area (Å²) in [6, 6.07) is 4.12. The first-order valence-electron chi connectivity index (χ1n) is 3.27. The molecule has 0 bridgehead atoms. The van der Waals surface area contributed by atoms with Gasteiger partial charge < -0.3 is 4.74 Å². The molecule has 1 rings (SSSR count). The van der Waals surface area contributed by atoms with Crippen LogP contribution in [-0.4, -0.2) is 20.1 Å². The Hall–Kier alpha value is -0.780. The summed E-state index contributed by atoms with van der Waals surface area (Å²) in [5.41, 5.74) is 0. The zero-order chi connectivity index (χ0) is 10.1. The second-order valence-electron chi connectivity index (χ2n) is 2.25. The van der Waals surface area contributed by atoms with E-state index < -0.39 is 10.1 Å². The van der Waals surface area contributed by atoms with Crippen LogP contribution < -0.4 is 4.74 Å². The first-order chi connectivity index (χ1) is 5.96. The van der Waals surface area contributed by atoms with Crippen molar-refractivity contribution in [2.75, 3.05) is 7.11 Å². The van der Waals surface area contributed by atoms with Crippen LogP contribution in [0.15, 0.2) is 23.1 Å². The molecule has 1 N–H and O–H groups in total. The predicted octanol–water partition coefficient (Wildman–Crippen LogP) is 1.60. The molecule has 4 nitrogen and oxygen atoms in total. The summed E-state index contributed by atoms with van der Waals surface area (Å²) < 4.78 is 35.0. The Kier molecular flexibility index (Phi) is 2.80. The third-order valence-electron chi connectivity index (χ3n) is 1.43. The van der Waals surface area contributed by atoms with Crippen LogP contribution in [0.1, 0.15) is 0 Å². The second-order valence-corrected chi connectivity index (χ2v) is 4.02. The zero-order valence-electron chi connectivity index (χ0n) is 6.69. The number of hydrogen-bond acceptors (Lipinski definition) is 3. The van der Waals surface area contributed by atoms with E-state index in [2.05, 4.69) is 0 Å². The molecule has 0 saturated carbocycles. The average molecular weight is 223 g/mol. The maximum Gasteiger partial charge on any atom is 0.296 e. The molecule has 13 heavy (non-hydrogen) atoms. The van der Waals surface area contributed by atoms with Gasteiger partial charge in [-0.2, -0.15) is 8.42 Å². The van der Waals surface area contributed by atoms with E-state index >= 15 is 0 Å². The first kappa shape index (κ1) is 10.3. The van der Waals surface area contributed by atoms with Crippen molar-refractivity contribution in [1.29, 1.82) is 0 Å². The molecule has 0 atom stereocenters. The van der Waals surface area contributed by atoms with Gasteiger partial charge in [0, 0.05) is 0 Å². The Labute approximate surface area is 80.8 Å². The highest BCUT2D eigenvalue weighted by Crippen LogP contribution is 2.30. The smallest absolute Gasteiger partial charge is 0.296 e. The van der Waals surface area contributed by atoms with Crippen LogP contribution in [0.2, 0.25) is 5.02 Å². The highest BCUT2D eigenvalue weighted by Gasteiger charge is 2.16. The summed E-state index contributed by atoms with van der Waals surface area (Å²) >= 11 is 5.63. The number of rotatable bonds is 2. The summed E-state index contributed by atoms with van der Waals surface area (Å²) in [5, 5.41) is -0.118. The summed E-state index contributed by atoms with van der Waals surface area (Å²) in [6.07, 6.45) is 0. The van der Waals surface area contributed by atoms with Gasteiger partial charge in [0.2, 0.25) is 0 Å². The van der Waals surface area contributed by atoms with Crippen molar-refractivity contribution in [3.8, 4) is 5.75 Å². The molecule has 6 heteroatoms. The van der Waals surface area contributed by atoms with E-state index in [-0.39, 0.29) is 15.7 Å². The van der Waals surface area contributed by atoms with E-state index in [4.69, 9.17) is 20.9 Å². The summed E-state index contributed by atoms with van der Waals surface area (Å²) in [7, 11) is -2.92. The van der Waals surface area contributed by atoms with Crippen LogP contribution in [0.5, 0.6) is 5.75 Å². The van der Waals surface area contributed by atoms with Gasteiger partial charge in [-0.05, 0) is 12.1 Å². The lowest BCUT2D eigenvalue weighted by molar-refractivity contribution is 0.413. The third-order valence-corrected chi connectivity index (χ3v) is 2.82. The van der Waals surface area contributed by atoms with Crippen LogP contribution in [0.25, 0.3) is 0 Å². The number of ether oxygens (including phenoxy) is 1. The van der Waals surface area contributed by atoms with Crippen molar-refractivity contribution < 1.29 is 17.7 Å². The minimum Gasteiger partial charge on any atom is -0.495 e. The molecule has 0 heterocycles. The SMILES string of the molecule is COc1cccc(S(=O)(=O)O)c1Cl. The minimum atomic E-state index is -4.28. The maximum absolute atomic E-state index is 10.7. The molecule has 0 aliphatic rings. The first-order valence-corrected chi connectivity index (χ1v) is 5.08. The second kappa shape index (κ2) is 3.53. The lowest BCUT2D eigenvalue weighted by Crippen LogP contribution is -1.99. The number of halogens is 1. The molecule has 0 spiro atoms. The molecule has 0 aliphatic heterocycles. The average Bonchev–Trinajstić information content (AvgIpc) is 2.02. The lowest BCUT2D eigenvalue weighted by Gasteiger charge is -2.05. The van der Waals surface area contributed by atoms with Gasteiger partial charge in [0.1, 0.15) is 15.7 Å². The normalized spacial score (nSPS) is 11.3. The van der Waals surface area contributed by atoms with Crippen molar-refractivity contribution in [2.24, 2.45) is 0 Å².